The van der Waals surface area contributed by atoms with Crippen LogP contribution in [0.3, 0.4) is 0 Å². The molecule has 0 aliphatic carbocycles. The number of hydrogen-bond acceptors (Lipinski definition) is 8. The number of fused-ring (bicyclic) bond motifs is 1. The third-order valence-corrected chi connectivity index (χ3v) is 8.43. The molecule has 11 nitrogen and oxygen atoms in total. The second-order valence-electron chi connectivity index (χ2n) is 9.72. The molecule has 12 heteroatoms. The number of anilines is 3. The number of sulfonamides is 1. The van der Waals surface area contributed by atoms with Gasteiger partial charge in [0.25, 0.3) is 5.56 Å². The van der Waals surface area contributed by atoms with Crippen LogP contribution in [0.15, 0.2) is 60.0 Å². The van der Waals surface area contributed by atoms with Crippen molar-refractivity contribution in [2.24, 2.45) is 5.92 Å². The van der Waals surface area contributed by atoms with Crippen molar-refractivity contribution in [3.63, 3.8) is 0 Å². The molecule has 2 saturated heterocycles. The molecule has 0 atom stereocenters. The highest BCUT2D eigenvalue weighted by Gasteiger charge is 2.29. The molecule has 2 aliphatic heterocycles. The quantitative estimate of drug-likeness (QED) is 0.431. The molecule has 4 heterocycles. The molecule has 2 aromatic heterocycles. The Labute approximate surface area is 221 Å². The summed E-state index contributed by atoms with van der Waals surface area (Å²) in [7, 11) is -3.16. The second kappa shape index (κ2) is 10.5. The summed E-state index contributed by atoms with van der Waals surface area (Å²) in [4.78, 5) is 37.3. The molecule has 0 unspecified atom stereocenters. The van der Waals surface area contributed by atoms with Crippen molar-refractivity contribution >= 4 is 44.3 Å². The minimum Gasteiger partial charge on any atom is -0.369 e. The number of amides is 1. The monoisotopic (exact) mass is 537 g/mol. The zero-order chi connectivity index (χ0) is 26.9. The molecule has 1 N–H and O–H groups in total. The van der Waals surface area contributed by atoms with Crippen LogP contribution >= 0.6 is 0 Å². The number of carbonyl (C=O) groups is 1. The first-order valence-electron chi connectivity index (χ1n) is 12.6. The second-order valence-corrected chi connectivity index (χ2v) is 11.7. The number of likely N-dealkylation sites (tertiary alicyclic amines) is 1. The van der Waals surface area contributed by atoms with E-state index in [4.69, 9.17) is 0 Å². The Balaban J connectivity index is 1.25. The minimum absolute atomic E-state index is 0.0606. The summed E-state index contributed by atoms with van der Waals surface area (Å²) in [5.41, 5.74) is 2.25. The van der Waals surface area contributed by atoms with Crippen molar-refractivity contribution in [2.75, 3.05) is 55.7 Å². The Morgan fingerprint density at radius 2 is 1.82 bits per heavy atom. The van der Waals surface area contributed by atoms with Crippen LogP contribution in [0, 0.1) is 5.92 Å². The third kappa shape index (κ3) is 5.55. The zero-order valence-corrected chi connectivity index (χ0v) is 22.1. The standard InChI is InChI=1S/C26H31N7O4S/c1-3-23(34)31-17-19(18-31)10-11-33-24(35)9-4-20-16-27-26(29-25(20)33)28-21-5-7-22(8-6-21)30-12-14-32(15-13-30)38(2,36)37/h3-9,16,19H,1,10-15,17-18H2,2H3,(H,27,28,29). The number of hydrogen-bond donors (Lipinski definition) is 1. The van der Waals surface area contributed by atoms with Gasteiger partial charge < -0.3 is 15.1 Å². The van der Waals surface area contributed by atoms with Crippen molar-refractivity contribution in [2.45, 2.75) is 13.0 Å². The van der Waals surface area contributed by atoms with Gasteiger partial charge in [-0.15, -0.1) is 0 Å². The highest BCUT2D eigenvalue weighted by Crippen LogP contribution is 2.23. The zero-order valence-electron chi connectivity index (χ0n) is 21.3. The number of carbonyl (C=O) groups excluding carboxylic acids is 1. The SMILES string of the molecule is C=CC(=O)N1CC(CCn2c(=O)ccc3cnc(Nc4ccc(N5CCN(S(C)(=O)=O)CC5)cc4)nc32)C1. The van der Waals surface area contributed by atoms with Crippen molar-refractivity contribution in [3.05, 3.63) is 65.6 Å². The summed E-state index contributed by atoms with van der Waals surface area (Å²) in [6.07, 6.45) is 5.04. The molecule has 2 aliphatic rings. The number of nitrogens with one attached hydrogen (secondary N) is 1. The van der Waals surface area contributed by atoms with Crippen molar-refractivity contribution in [1.29, 1.82) is 0 Å². The molecule has 2 fully saturated rings. The number of piperazine rings is 1. The van der Waals surface area contributed by atoms with Gasteiger partial charge in [-0.2, -0.15) is 9.29 Å². The first-order valence-corrected chi connectivity index (χ1v) is 14.4. The lowest BCUT2D eigenvalue weighted by molar-refractivity contribution is -0.132. The van der Waals surface area contributed by atoms with Gasteiger partial charge in [-0.3, -0.25) is 14.2 Å². The summed E-state index contributed by atoms with van der Waals surface area (Å²) >= 11 is 0. The lowest BCUT2D eigenvalue weighted by atomic mass is 9.96. The Kier molecular flexibility index (Phi) is 7.17. The van der Waals surface area contributed by atoms with E-state index in [-0.39, 0.29) is 11.5 Å². The normalized spacial score (nSPS) is 16.9. The maximum atomic E-state index is 12.7. The van der Waals surface area contributed by atoms with Crippen LogP contribution in [0.1, 0.15) is 6.42 Å². The third-order valence-electron chi connectivity index (χ3n) is 7.12. The van der Waals surface area contributed by atoms with E-state index in [0.717, 1.165) is 23.2 Å². The van der Waals surface area contributed by atoms with E-state index < -0.39 is 10.0 Å². The van der Waals surface area contributed by atoms with Gasteiger partial charge in [-0.25, -0.2) is 13.4 Å². The van der Waals surface area contributed by atoms with E-state index in [0.29, 0.717) is 63.3 Å². The molecule has 38 heavy (non-hydrogen) atoms. The number of aryl methyl sites for hydroxylation is 1. The molecule has 1 aromatic carbocycles. The van der Waals surface area contributed by atoms with E-state index in [1.165, 1.54) is 22.7 Å². The van der Waals surface area contributed by atoms with Crippen molar-refractivity contribution in [1.82, 2.24) is 23.7 Å². The van der Waals surface area contributed by atoms with E-state index in [9.17, 15) is 18.0 Å². The number of benzene rings is 1. The Morgan fingerprint density at radius 1 is 1.11 bits per heavy atom. The fraction of sp³-hybridized carbons (Fsp3) is 0.385. The molecule has 1 amide bonds. The van der Waals surface area contributed by atoms with Gasteiger partial charge >= 0.3 is 0 Å². The largest absolute Gasteiger partial charge is 0.369 e. The van der Waals surface area contributed by atoms with Crippen LogP contribution in [0.5, 0.6) is 0 Å². The molecule has 0 saturated carbocycles. The Morgan fingerprint density at radius 3 is 2.47 bits per heavy atom. The van der Waals surface area contributed by atoms with Gasteiger partial charge in [0, 0.05) is 74.8 Å². The number of pyridine rings is 1. The van der Waals surface area contributed by atoms with Crippen LogP contribution < -0.4 is 15.8 Å². The van der Waals surface area contributed by atoms with E-state index in [2.05, 4.69) is 26.8 Å². The maximum Gasteiger partial charge on any atom is 0.252 e. The average Bonchev–Trinajstić information content (AvgIpc) is 2.88. The van der Waals surface area contributed by atoms with Gasteiger partial charge in [0.05, 0.1) is 6.26 Å². The number of nitrogens with zero attached hydrogens (tertiary/aromatic N) is 6. The maximum absolute atomic E-state index is 12.7. The van der Waals surface area contributed by atoms with Gasteiger partial charge in [0.15, 0.2) is 0 Å². The lowest BCUT2D eigenvalue weighted by Gasteiger charge is -2.38. The molecule has 3 aromatic rings. The lowest BCUT2D eigenvalue weighted by Crippen LogP contribution is -2.49. The molecule has 0 bridgehead atoms. The molecular weight excluding hydrogens is 506 g/mol. The highest BCUT2D eigenvalue weighted by molar-refractivity contribution is 7.88. The molecular formula is C26H31N7O4S. The Hall–Kier alpha value is -3.77. The highest BCUT2D eigenvalue weighted by atomic mass is 32.2. The van der Waals surface area contributed by atoms with Crippen LogP contribution in [-0.2, 0) is 21.4 Å². The van der Waals surface area contributed by atoms with E-state index in [1.54, 1.807) is 21.7 Å². The predicted octanol–water partition coefficient (Wildman–Crippen LogP) is 1.65. The summed E-state index contributed by atoms with van der Waals surface area (Å²) in [5.74, 6) is 0.667. The number of aromatic nitrogens is 3. The van der Waals surface area contributed by atoms with Crippen LogP contribution in [-0.4, -0.2) is 83.6 Å². The van der Waals surface area contributed by atoms with Gasteiger partial charge in [-0.1, -0.05) is 6.58 Å². The summed E-state index contributed by atoms with van der Waals surface area (Å²) < 4.78 is 26.7. The summed E-state index contributed by atoms with van der Waals surface area (Å²) in [6, 6.07) is 11.1. The van der Waals surface area contributed by atoms with Crippen LogP contribution in [0.25, 0.3) is 11.0 Å². The predicted molar refractivity (Wildman–Crippen MR) is 147 cm³/mol. The van der Waals surface area contributed by atoms with Crippen molar-refractivity contribution in [3.8, 4) is 0 Å². The average molecular weight is 538 g/mol. The first-order chi connectivity index (χ1) is 18.2. The molecule has 200 valence electrons. The van der Waals surface area contributed by atoms with Gasteiger partial charge in [0.1, 0.15) is 5.65 Å². The summed E-state index contributed by atoms with van der Waals surface area (Å²) in [6.45, 7) is 7.59. The smallest absolute Gasteiger partial charge is 0.252 e. The number of rotatable bonds is 8. The molecule has 0 radical (unpaired) electrons. The van der Waals surface area contributed by atoms with E-state index in [1.807, 2.05) is 24.3 Å². The fourth-order valence-corrected chi connectivity index (χ4v) is 5.71. The molecule has 5 rings (SSSR count). The fourth-order valence-electron chi connectivity index (χ4n) is 4.88. The first kappa shape index (κ1) is 25.9. The Bertz CT molecular complexity index is 1510. The van der Waals surface area contributed by atoms with Gasteiger partial charge in [0.2, 0.25) is 21.9 Å². The van der Waals surface area contributed by atoms with Gasteiger partial charge in [-0.05, 0) is 48.7 Å². The molecule has 0 spiro atoms. The van der Waals surface area contributed by atoms with Crippen LogP contribution in [0.2, 0.25) is 0 Å². The van der Waals surface area contributed by atoms with Crippen molar-refractivity contribution < 1.29 is 13.2 Å². The van der Waals surface area contributed by atoms with Crippen LogP contribution in [0.4, 0.5) is 17.3 Å². The topological polar surface area (TPSA) is 121 Å². The summed E-state index contributed by atoms with van der Waals surface area (Å²) in [5, 5.41) is 3.99. The van der Waals surface area contributed by atoms with E-state index >= 15 is 0 Å². The minimum atomic E-state index is -3.16.